The molecule has 10 heteroatoms. The Labute approximate surface area is 273 Å². The monoisotopic (exact) mass is 685 g/mol. The lowest BCUT2D eigenvalue weighted by Gasteiger charge is -2.30. The molecule has 1 aliphatic rings. The number of benzene rings is 4. The largest absolute Gasteiger partial charge is 0.489 e. The smallest absolute Gasteiger partial charge is 0.255 e. The molecule has 44 heavy (non-hydrogen) atoms. The van der Waals surface area contributed by atoms with Crippen LogP contribution in [0.15, 0.2) is 118 Å². The summed E-state index contributed by atoms with van der Waals surface area (Å²) in [4.78, 5) is 18.8. The number of aromatic nitrogens is 3. The molecule has 2 heterocycles. The number of halogens is 2. The number of fused-ring (bicyclic) bond motifs is 1. The molecule has 5 aromatic rings. The maximum Gasteiger partial charge on any atom is 0.255 e. The number of rotatable bonds is 9. The summed E-state index contributed by atoms with van der Waals surface area (Å²) in [7, 11) is 0. The van der Waals surface area contributed by atoms with E-state index in [9.17, 15) is 4.79 Å². The minimum Gasteiger partial charge on any atom is -0.489 e. The van der Waals surface area contributed by atoms with Gasteiger partial charge in [-0.1, -0.05) is 100.0 Å². The van der Waals surface area contributed by atoms with Gasteiger partial charge in [0.15, 0.2) is 0 Å². The van der Waals surface area contributed by atoms with Gasteiger partial charge in [-0.3, -0.25) is 4.79 Å². The van der Waals surface area contributed by atoms with Crippen LogP contribution in [0.3, 0.4) is 0 Å². The van der Waals surface area contributed by atoms with E-state index < -0.39 is 6.04 Å². The van der Waals surface area contributed by atoms with Crippen LogP contribution >= 0.6 is 39.3 Å². The van der Waals surface area contributed by atoms with Gasteiger partial charge >= 0.3 is 0 Å². The van der Waals surface area contributed by atoms with Crippen molar-refractivity contribution in [2.45, 2.75) is 37.4 Å². The lowest BCUT2D eigenvalue weighted by atomic mass is 9.94. The number of hydrogen-bond acceptors (Lipinski definition) is 6. The lowest BCUT2D eigenvalue weighted by Crippen LogP contribution is -2.31. The minimum absolute atomic E-state index is 0.248. The number of carbonyl (C=O) groups is 1. The standard InChI is InChI=1S/C34H29BrClN5O2S/c1-21-10-6-7-11-23(21)19-43-29-17-16-25(35)18-27(29)31-30(32(42)38-26-13-4-3-5-14-26)22(2)37-33-39-34(40-41(31)33)44-20-24-12-8-9-15-28(24)36/h3-18,31H,19-20H2,1-2H3,(H,38,42)(H,37,39,40). The van der Waals surface area contributed by atoms with Crippen LogP contribution in [0.1, 0.15) is 35.2 Å². The van der Waals surface area contributed by atoms with Crippen LogP contribution < -0.4 is 15.4 Å². The first-order chi connectivity index (χ1) is 21.4. The molecule has 2 N–H and O–H groups in total. The van der Waals surface area contributed by atoms with Crippen LogP contribution in [-0.2, 0) is 17.2 Å². The Morgan fingerprint density at radius 1 is 1.00 bits per heavy atom. The van der Waals surface area contributed by atoms with E-state index in [4.69, 9.17) is 26.4 Å². The van der Waals surface area contributed by atoms with Gasteiger partial charge in [0.2, 0.25) is 11.1 Å². The fourth-order valence-electron chi connectivity index (χ4n) is 5.04. The highest BCUT2D eigenvalue weighted by atomic mass is 79.9. The van der Waals surface area contributed by atoms with Gasteiger partial charge in [0, 0.05) is 32.2 Å². The molecule has 0 aliphatic carbocycles. The average molecular weight is 687 g/mol. The number of carbonyl (C=O) groups excluding carboxylic acids is 1. The quantitative estimate of drug-likeness (QED) is 0.151. The third-order valence-corrected chi connectivity index (χ3v) is 9.08. The molecule has 1 atom stereocenters. The Kier molecular flexibility index (Phi) is 9.07. The van der Waals surface area contributed by atoms with E-state index in [1.807, 2.05) is 91.9 Å². The highest BCUT2D eigenvalue weighted by Gasteiger charge is 2.36. The third kappa shape index (κ3) is 6.55. The van der Waals surface area contributed by atoms with Crippen molar-refractivity contribution in [1.82, 2.24) is 14.8 Å². The molecule has 4 aromatic carbocycles. The van der Waals surface area contributed by atoms with Crippen molar-refractivity contribution >= 4 is 56.8 Å². The first-order valence-electron chi connectivity index (χ1n) is 14.0. The Hall–Kier alpha value is -4.05. The minimum atomic E-state index is -0.624. The molecule has 0 saturated heterocycles. The molecule has 1 aliphatic heterocycles. The molecule has 0 radical (unpaired) electrons. The molecule has 1 aromatic heterocycles. The molecular weight excluding hydrogens is 658 g/mol. The number of allylic oxidation sites excluding steroid dienone is 1. The molecule has 222 valence electrons. The molecule has 0 spiro atoms. The van der Waals surface area contributed by atoms with Crippen LogP contribution in [0, 0.1) is 6.92 Å². The van der Waals surface area contributed by atoms with Crippen molar-refractivity contribution in [2.24, 2.45) is 0 Å². The molecule has 7 nitrogen and oxygen atoms in total. The lowest BCUT2D eigenvalue weighted by molar-refractivity contribution is -0.113. The molecule has 1 amide bonds. The molecule has 1 unspecified atom stereocenters. The number of amides is 1. The van der Waals surface area contributed by atoms with Gasteiger partial charge in [0.1, 0.15) is 18.4 Å². The number of nitrogens with one attached hydrogen (secondary N) is 2. The van der Waals surface area contributed by atoms with Crippen molar-refractivity contribution in [2.75, 3.05) is 10.6 Å². The van der Waals surface area contributed by atoms with E-state index >= 15 is 0 Å². The van der Waals surface area contributed by atoms with Crippen LogP contribution in [-0.4, -0.2) is 20.7 Å². The van der Waals surface area contributed by atoms with Crippen LogP contribution in [0.25, 0.3) is 0 Å². The van der Waals surface area contributed by atoms with Crippen molar-refractivity contribution in [3.63, 3.8) is 0 Å². The van der Waals surface area contributed by atoms with Gasteiger partial charge in [-0.05, 0) is 66.9 Å². The number of anilines is 2. The molecule has 0 saturated carbocycles. The number of ether oxygens (including phenoxy) is 1. The summed E-state index contributed by atoms with van der Waals surface area (Å²) < 4.78 is 9.08. The number of hydrogen-bond donors (Lipinski definition) is 2. The summed E-state index contributed by atoms with van der Waals surface area (Å²) in [6.45, 7) is 4.33. The maximum absolute atomic E-state index is 14.0. The zero-order valence-corrected chi connectivity index (χ0v) is 27.2. The van der Waals surface area contributed by atoms with Gasteiger partial charge in [0.25, 0.3) is 5.91 Å². The summed E-state index contributed by atoms with van der Waals surface area (Å²) in [5.41, 5.74) is 5.88. The fraction of sp³-hybridized carbons (Fsp3) is 0.147. The van der Waals surface area contributed by atoms with E-state index in [0.29, 0.717) is 51.2 Å². The van der Waals surface area contributed by atoms with Crippen LogP contribution in [0.2, 0.25) is 5.02 Å². The summed E-state index contributed by atoms with van der Waals surface area (Å²) in [6.07, 6.45) is 0. The van der Waals surface area contributed by atoms with Gasteiger partial charge in [-0.2, -0.15) is 4.98 Å². The summed E-state index contributed by atoms with van der Waals surface area (Å²) in [5, 5.41) is 12.5. The molecule has 6 rings (SSSR count). The highest BCUT2D eigenvalue weighted by molar-refractivity contribution is 9.10. The molecular formula is C34H29BrClN5O2S. The average Bonchev–Trinajstić information content (AvgIpc) is 3.43. The van der Waals surface area contributed by atoms with Crippen LogP contribution in [0.5, 0.6) is 5.75 Å². The second kappa shape index (κ2) is 13.3. The number of thioether (sulfide) groups is 1. The second-order valence-electron chi connectivity index (χ2n) is 10.3. The SMILES string of the molecule is CC1=C(C(=O)Nc2ccccc2)C(c2cc(Br)ccc2OCc2ccccc2C)n2nc(SCc3ccccc3Cl)nc2N1. The Bertz CT molecular complexity index is 1860. The van der Waals surface area contributed by atoms with E-state index in [-0.39, 0.29) is 5.91 Å². The Balaban J connectivity index is 1.40. The van der Waals surface area contributed by atoms with Crippen LogP contribution in [0.4, 0.5) is 11.6 Å². The second-order valence-corrected chi connectivity index (χ2v) is 12.6. The van der Waals surface area contributed by atoms with Crippen molar-refractivity contribution in [1.29, 1.82) is 0 Å². The third-order valence-electron chi connectivity index (χ3n) is 7.33. The first kappa shape index (κ1) is 30.0. The van der Waals surface area contributed by atoms with E-state index in [0.717, 1.165) is 26.7 Å². The van der Waals surface area contributed by atoms with Gasteiger partial charge in [-0.25, -0.2) is 4.68 Å². The predicted octanol–water partition coefficient (Wildman–Crippen LogP) is 8.80. The molecule has 0 fully saturated rings. The zero-order chi connectivity index (χ0) is 30.6. The van der Waals surface area contributed by atoms with E-state index in [1.54, 1.807) is 4.68 Å². The number of aryl methyl sites for hydroxylation is 1. The topological polar surface area (TPSA) is 81.1 Å². The zero-order valence-electron chi connectivity index (χ0n) is 24.1. The fourth-order valence-corrected chi connectivity index (χ4v) is 6.54. The van der Waals surface area contributed by atoms with Gasteiger partial charge < -0.3 is 15.4 Å². The van der Waals surface area contributed by atoms with Crippen molar-refractivity contribution in [3.8, 4) is 5.75 Å². The molecule has 0 bridgehead atoms. The number of nitrogens with zero attached hydrogens (tertiary/aromatic N) is 3. The Morgan fingerprint density at radius 2 is 1.73 bits per heavy atom. The summed E-state index contributed by atoms with van der Waals surface area (Å²) >= 11 is 11.5. The highest BCUT2D eigenvalue weighted by Crippen LogP contribution is 2.42. The maximum atomic E-state index is 14.0. The van der Waals surface area contributed by atoms with Crippen molar-refractivity contribution in [3.05, 3.63) is 140 Å². The predicted molar refractivity (Wildman–Crippen MR) is 180 cm³/mol. The number of para-hydroxylation sites is 1. The van der Waals surface area contributed by atoms with E-state index in [2.05, 4.69) is 45.6 Å². The first-order valence-corrected chi connectivity index (χ1v) is 16.2. The Morgan fingerprint density at radius 3 is 2.50 bits per heavy atom. The van der Waals surface area contributed by atoms with Gasteiger partial charge in [-0.15, -0.1) is 5.10 Å². The summed E-state index contributed by atoms with van der Waals surface area (Å²) in [6, 6.07) is 30.5. The normalized spacial score (nSPS) is 14.1. The van der Waals surface area contributed by atoms with Gasteiger partial charge in [0.05, 0.1) is 5.57 Å². The van der Waals surface area contributed by atoms with E-state index in [1.165, 1.54) is 11.8 Å². The summed E-state index contributed by atoms with van der Waals surface area (Å²) in [5.74, 6) is 1.54. The van der Waals surface area contributed by atoms with Crippen molar-refractivity contribution < 1.29 is 9.53 Å².